The summed E-state index contributed by atoms with van der Waals surface area (Å²) in [4.78, 5) is 16.0. The van der Waals surface area contributed by atoms with Gasteiger partial charge in [-0.2, -0.15) is 0 Å². The second-order valence-corrected chi connectivity index (χ2v) is 5.45. The SMILES string of the molecule is CCCn1c(O)c(N=NC(=O)c2cccnc2)c2cc(OC)ccc21. The van der Waals surface area contributed by atoms with Crippen molar-refractivity contribution in [2.45, 2.75) is 19.9 Å². The van der Waals surface area contributed by atoms with Gasteiger partial charge >= 0.3 is 0 Å². The van der Waals surface area contributed by atoms with E-state index in [9.17, 15) is 9.90 Å². The predicted octanol–water partition coefficient (Wildman–Crippen LogP) is 4.08. The lowest BCUT2D eigenvalue weighted by Gasteiger charge is -2.04. The average Bonchev–Trinajstić information content (AvgIpc) is 2.91. The normalized spacial score (nSPS) is 11.3. The third kappa shape index (κ3) is 3.21. The Morgan fingerprint density at radius 3 is 2.88 bits per heavy atom. The van der Waals surface area contributed by atoms with E-state index in [4.69, 9.17) is 4.74 Å². The van der Waals surface area contributed by atoms with Crippen LogP contribution in [0, 0.1) is 0 Å². The van der Waals surface area contributed by atoms with Crippen molar-refractivity contribution in [1.82, 2.24) is 9.55 Å². The molecule has 1 N–H and O–H groups in total. The molecule has 0 aliphatic carbocycles. The molecule has 0 spiro atoms. The Morgan fingerprint density at radius 2 is 2.20 bits per heavy atom. The number of azo groups is 1. The van der Waals surface area contributed by atoms with Crippen molar-refractivity contribution in [3.05, 3.63) is 48.3 Å². The number of fused-ring (bicyclic) bond motifs is 1. The second-order valence-electron chi connectivity index (χ2n) is 5.45. The molecule has 0 aliphatic heterocycles. The first-order chi connectivity index (χ1) is 12.2. The molecule has 0 bridgehead atoms. The highest BCUT2D eigenvalue weighted by Crippen LogP contribution is 2.40. The van der Waals surface area contributed by atoms with E-state index in [0.717, 1.165) is 11.9 Å². The number of methoxy groups -OCH3 is 1. The summed E-state index contributed by atoms with van der Waals surface area (Å²) < 4.78 is 6.99. The van der Waals surface area contributed by atoms with Crippen LogP contribution >= 0.6 is 0 Å². The van der Waals surface area contributed by atoms with Gasteiger partial charge in [-0.05, 0) is 36.8 Å². The smallest absolute Gasteiger partial charge is 0.296 e. The summed E-state index contributed by atoms with van der Waals surface area (Å²) in [5.41, 5.74) is 1.39. The molecule has 128 valence electrons. The molecule has 0 fully saturated rings. The number of ether oxygens (including phenoxy) is 1. The molecular weight excluding hydrogens is 320 g/mol. The first kappa shape index (κ1) is 16.6. The summed E-state index contributed by atoms with van der Waals surface area (Å²) in [5, 5.41) is 19.0. The molecule has 0 saturated carbocycles. The van der Waals surface area contributed by atoms with Gasteiger partial charge in [-0.25, -0.2) is 0 Å². The van der Waals surface area contributed by atoms with Crippen molar-refractivity contribution in [3.8, 4) is 11.6 Å². The molecule has 0 aliphatic rings. The van der Waals surface area contributed by atoms with Crippen LogP contribution in [0.2, 0.25) is 0 Å². The molecular formula is C18H18N4O3. The Morgan fingerprint density at radius 1 is 1.36 bits per heavy atom. The van der Waals surface area contributed by atoms with Crippen LogP contribution in [-0.2, 0) is 6.54 Å². The number of aryl methyl sites for hydroxylation is 1. The fraction of sp³-hybridized carbons (Fsp3) is 0.222. The Kier molecular flexibility index (Phi) is 4.74. The van der Waals surface area contributed by atoms with Crippen LogP contribution in [0.25, 0.3) is 10.9 Å². The zero-order valence-corrected chi connectivity index (χ0v) is 14.0. The van der Waals surface area contributed by atoms with Crippen LogP contribution in [-0.4, -0.2) is 27.7 Å². The van der Waals surface area contributed by atoms with Gasteiger partial charge < -0.3 is 14.4 Å². The highest BCUT2D eigenvalue weighted by molar-refractivity contribution is 5.97. The van der Waals surface area contributed by atoms with E-state index >= 15 is 0 Å². The van der Waals surface area contributed by atoms with Crippen LogP contribution in [0.5, 0.6) is 11.6 Å². The third-order valence-corrected chi connectivity index (χ3v) is 3.81. The molecule has 3 aromatic rings. The van der Waals surface area contributed by atoms with E-state index in [1.54, 1.807) is 36.1 Å². The number of carbonyl (C=O) groups excluding carboxylic acids is 1. The van der Waals surface area contributed by atoms with Crippen LogP contribution < -0.4 is 4.74 Å². The average molecular weight is 338 g/mol. The molecule has 0 atom stereocenters. The Balaban J connectivity index is 2.06. The molecule has 2 aromatic heterocycles. The fourth-order valence-corrected chi connectivity index (χ4v) is 2.62. The molecule has 25 heavy (non-hydrogen) atoms. The maximum atomic E-state index is 12.1. The number of rotatable bonds is 5. The van der Waals surface area contributed by atoms with Gasteiger partial charge in [0.05, 0.1) is 18.2 Å². The number of nitrogens with zero attached hydrogens (tertiary/aromatic N) is 4. The van der Waals surface area contributed by atoms with E-state index in [2.05, 4.69) is 15.2 Å². The van der Waals surface area contributed by atoms with Crippen LogP contribution in [0.1, 0.15) is 23.7 Å². The number of aromatic nitrogens is 2. The number of aromatic hydroxyl groups is 1. The first-order valence-corrected chi connectivity index (χ1v) is 7.91. The lowest BCUT2D eigenvalue weighted by Crippen LogP contribution is -1.95. The highest BCUT2D eigenvalue weighted by atomic mass is 16.5. The summed E-state index contributed by atoms with van der Waals surface area (Å²) >= 11 is 0. The predicted molar refractivity (Wildman–Crippen MR) is 93.5 cm³/mol. The number of benzene rings is 1. The van der Waals surface area contributed by atoms with Gasteiger partial charge in [-0.1, -0.05) is 6.92 Å². The maximum absolute atomic E-state index is 12.1. The lowest BCUT2D eigenvalue weighted by molar-refractivity contribution is 0.0994. The lowest BCUT2D eigenvalue weighted by atomic mass is 10.2. The third-order valence-electron chi connectivity index (χ3n) is 3.81. The Bertz CT molecular complexity index is 932. The van der Waals surface area contributed by atoms with Gasteiger partial charge in [-0.15, -0.1) is 10.2 Å². The summed E-state index contributed by atoms with van der Waals surface area (Å²) in [6.45, 7) is 2.64. The Hall–Kier alpha value is -3.22. The van der Waals surface area contributed by atoms with Crippen LogP contribution in [0.15, 0.2) is 53.0 Å². The topological polar surface area (TPSA) is 89.1 Å². The van der Waals surface area contributed by atoms with E-state index in [1.807, 2.05) is 19.1 Å². The van der Waals surface area contributed by atoms with Gasteiger partial charge in [0, 0.05) is 24.3 Å². The highest BCUT2D eigenvalue weighted by Gasteiger charge is 2.17. The van der Waals surface area contributed by atoms with E-state index < -0.39 is 5.91 Å². The second kappa shape index (κ2) is 7.12. The summed E-state index contributed by atoms with van der Waals surface area (Å²) in [5.74, 6) is 0.0933. The van der Waals surface area contributed by atoms with Gasteiger partial charge in [0.25, 0.3) is 5.91 Å². The van der Waals surface area contributed by atoms with E-state index in [-0.39, 0.29) is 11.6 Å². The molecule has 0 radical (unpaired) electrons. The number of pyridine rings is 1. The van der Waals surface area contributed by atoms with Crippen molar-refractivity contribution in [2.24, 2.45) is 10.2 Å². The largest absolute Gasteiger partial charge is 0.497 e. The van der Waals surface area contributed by atoms with E-state index in [1.165, 1.54) is 6.20 Å². The molecule has 0 saturated heterocycles. The molecule has 0 unspecified atom stereocenters. The van der Waals surface area contributed by atoms with Crippen molar-refractivity contribution in [1.29, 1.82) is 0 Å². The standard InChI is InChI=1S/C18H18N4O3/c1-3-9-22-15-7-6-13(25-2)10-14(15)16(18(22)24)20-21-17(23)12-5-4-8-19-11-12/h4-8,10-11,24H,3,9H2,1-2H3. The molecule has 7 heteroatoms. The molecule has 2 heterocycles. The van der Waals surface area contributed by atoms with Crippen LogP contribution in [0.3, 0.4) is 0 Å². The number of carbonyl (C=O) groups is 1. The maximum Gasteiger partial charge on any atom is 0.296 e. The minimum Gasteiger partial charge on any atom is -0.497 e. The van der Waals surface area contributed by atoms with Crippen LogP contribution in [0.4, 0.5) is 5.69 Å². The summed E-state index contributed by atoms with van der Waals surface area (Å²) in [6, 6.07) is 8.70. The molecule has 1 aromatic carbocycles. The van der Waals surface area contributed by atoms with Gasteiger partial charge in [-0.3, -0.25) is 9.78 Å². The number of amides is 1. The monoisotopic (exact) mass is 338 g/mol. The number of hydrogen-bond acceptors (Lipinski definition) is 5. The molecule has 7 nitrogen and oxygen atoms in total. The van der Waals surface area contributed by atoms with Crippen molar-refractivity contribution in [2.75, 3.05) is 7.11 Å². The van der Waals surface area contributed by atoms with Crippen molar-refractivity contribution in [3.63, 3.8) is 0 Å². The molecule has 1 amide bonds. The minimum atomic E-state index is -0.521. The number of hydrogen-bond donors (Lipinski definition) is 1. The fourth-order valence-electron chi connectivity index (χ4n) is 2.62. The minimum absolute atomic E-state index is 0.0205. The van der Waals surface area contributed by atoms with E-state index in [0.29, 0.717) is 23.2 Å². The zero-order valence-electron chi connectivity index (χ0n) is 14.0. The summed E-state index contributed by atoms with van der Waals surface area (Å²) in [7, 11) is 1.57. The summed E-state index contributed by atoms with van der Waals surface area (Å²) in [6.07, 6.45) is 3.84. The van der Waals surface area contributed by atoms with Gasteiger partial charge in [0.1, 0.15) is 5.75 Å². The van der Waals surface area contributed by atoms with Gasteiger partial charge in [0.2, 0.25) is 5.88 Å². The molecule has 3 rings (SSSR count). The quantitative estimate of drug-likeness (QED) is 0.710. The Labute approximate surface area is 144 Å². The zero-order chi connectivity index (χ0) is 17.8. The van der Waals surface area contributed by atoms with Crippen molar-refractivity contribution < 1.29 is 14.6 Å². The van der Waals surface area contributed by atoms with Gasteiger partial charge in [0.15, 0.2) is 5.69 Å². The van der Waals surface area contributed by atoms with Crippen molar-refractivity contribution >= 4 is 22.5 Å². The first-order valence-electron chi connectivity index (χ1n) is 7.91.